The molecular weight excluding hydrogens is 176 g/mol. The molecule has 0 aromatic heterocycles. The molecule has 1 saturated heterocycles. The van der Waals surface area contributed by atoms with E-state index in [1.807, 2.05) is 6.92 Å². The molecule has 1 aliphatic heterocycles. The van der Waals surface area contributed by atoms with E-state index in [-0.39, 0.29) is 11.3 Å². The van der Waals surface area contributed by atoms with Crippen LogP contribution in [-0.4, -0.2) is 37.5 Å². The summed E-state index contributed by atoms with van der Waals surface area (Å²) in [5.74, 6) is 0.694. The van der Waals surface area contributed by atoms with E-state index in [0.717, 1.165) is 19.6 Å². The molecular formula is C11H22N2O. The Morgan fingerprint density at radius 2 is 2.21 bits per heavy atom. The summed E-state index contributed by atoms with van der Waals surface area (Å²) in [6.07, 6.45) is 0.672. The number of likely N-dealkylation sites (tertiary alicyclic amines) is 1. The molecule has 1 atom stereocenters. The van der Waals surface area contributed by atoms with Gasteiger partial charge in [0.15, 0.2) is 0 Å². The Morgan fingerprint density at radius 1 is 1.57 bits per heavy atom. The molecule has 3 nitrogen and oxygen atoms in total. The average Bonchev–Trinajstić information content (AvgIpc) is 2.25. The molecule has 1 rings (SSSR count). The first kappa shape index (κ1) is 11.5. The quantitative estimate of drug-likeness (QED) is 0.736. The van der Waals surface area contributed by atoms with Crippen LogP contribution in [0.3, 0.4) is 0 Å². The highest BCUT2D eigenvalue weighted by Gasteiger charge is 2.38. The van der Waals surface area contributed by atoms with Gasteiger partial charge in [-0.25, -0.2) is 0 Å². The lowest BCUT2D eigenvalue weighted by atomic mass is 9.80. The van der Waals surface area contributed by atoms with Crippen molar-refractivity contribution in [2.75, 3.05) is 26.7 Å². The van der Waals surface area contributed by atoms with Gasteiger partial charge >= 0.3 is 0 Å². The van der Waals surface area contributed by atoms with Gasteiger partial charge in [-0.15, -0.1) is 0 Å². The van der Waals surface area contributed by atoms with Crippen LogP contribution in [0.15, 0.2) is 0 Å². The molecule has 1 fully saturated rings. The van der Waals surface area contributed by atoms with Crippen molar-refractivity contribution in [3.8, 4) is 0 Å². The Balaban J connectivity index is 2.48. The van der Waals surface area contributed by atoms with Gasteiger partial charge in [0.1, 0.15) is 0 Å². The molecule has 0 saturated carbocycles. The van der Waals surface area contributed by atoms with Crippen LogP contribution < -0.4 is 5.32 Å². The maximum atomic E-state index is 11.5. The van der Waals surface area contributed by atoms with Gasteiger partial charge in [0.2, 0.25) is 5.91 Å². The monoisotopic (exact) mass is 198 g/mol. The van der Waals surface area contributed by atoms with E-state index in [4.69, 9.17) is 0 Å². The van der Waals surface area contributed by atoms with Crippen LogP contribution in [0.4, 0.5) is 0 Å². The summed E-state index contributed by atoms with van der Waals surface area (Å²) < 4.78 is 0. The van der Waals surface area contributed by atoms with Crippen LogP contribution in [0.5, 0.6) is 0 Å². The van der Waals surface area contributed by atoms with Crippen molar-refractivity contribution in [1.29, 1.82) is 0 Å². The number of carbonyl (C=O) groups is 1. The summed E-state index contributed by atoms with van der Waals surface area (Å²) in [6, 6.07) is 0. The molecule has 0 bridgehead atoms. The second-order valence-corrected chi connectivity index (χ2v) is 5.04. The predicted octanol–water partition coefficient (Wildman–Crippen LogP) is 1.10. The Labute approximate surface area is 86.9 Å². The molecule has 1 aliphatic rings. The fraction of sp³-hybridized carbons (Fsp3) is 0.909. The number of carbonyl (C=O) groups excluding carboxylic acids is 1. The van der Waals surface area contributed by atoms with E-state index in [2.05, 4.69) is 31.1 Å². The molecule has 0 radical (unpaired) electrons. The summed E-state index contributed by atoms with van der Waals surface area (Å²) >= 11 is 0. The van der Waals surface area contributed by atoms with Gasteiger partial charge in [0.25, 0.3) is 0 Å². The summed E-state index contributed by atoms with van der Waals surface area (Å²) in [5.41, 5.74) is 0.278. The maximum absolute atomic E-state index is 11.5. The van der Waals surface area contributed by atoms with E-state index < -0.39 is 0 Å². The Hall–Kier alpha value is -0.570. The van der Waals surface area contributed by atoms with Crippen LogP contribution in [0, 0.1) is 11.3 Å². The van der Waals surface area contributed by atoms with Crippen LogP contribution in [0.2, 0.25) is 0 Å². The normalized spacial score (nSPS) is 26.4. The molecule has 1 heterocycles. The van der Waals surface area contributed by atoms with E-state index in [9.17, 15) is 4.79 Å². The first-order valence-corrected chi connectivity index (χ1v) is 5.41. The van der Waals surface area contributed by atoms with Crippen molar-refractivity contribution >= 4 is 5.91 Å². The molecule has 0 unspecified atom stereocenters. The van der Waals surface area contributed by atoms with E-state index >= 15 is 0 Å². The van der Waals surface area contributed by atoms with Crippen molar-refractivity contribution in [1.82, 2.24) is 10.2 Å². The lowest BCUT2D eigenvalue weighted by Gasteiger charge is -2.25. The van der Waals surface area contributed by atoms with Gasteiger partial charge in [0.05, 0.1) is 0 Å². The molecule has 3 heteroatoms. The standard InChI is InChI=1S/C11H22N2O/c1-5-12-10(14)6-9-7-13(4)8-11(9,2)3/h9H,5-8H2,1-4H3,(H,12,14)/t9-/m1/s1. The first-order chi connectivity index (χ1) is 6.45. The minimum Gasteiger partial charge on any atom is -0.356 e. The second-order valence-electron chi connectivity index (χ2n) is 5.04. The van der Waals surface area contributed by atoms with Gasteiger partial charge in [-0.2, -0.15) is 0 Å². The summed E-state index contributed by atoms with van der Waals surface area (Å²) in [6.45, 7) is 9.34. The van der Waals surface area contributed by atoms with Gasteiger partial charge in [-0.05, 0) is 25.3 Å². The zero-order chi connectivity index (χ0) is 10.8. The summed E-state index contributed by atoms with van der Waals surface area (Å²) in [7, 11) is 2.12. The molecule has 1 N–H and O–H groups in total. The third-order valence-electron chi connectivity index (χ3n) is 3.12. The maximum Gasteiger partial charge on any atom is 0.220 e. The van der Waals surface area contributed by atoms with E-state index in [1.54, 1.807) is 0 Å². The predicted molar refractivity (Wildman–Crippen MR) is 58.1 cm³/mol. The van der Waals surface area contributed by atoms with E-state index in [0.29, 0.717) is 12.3 Å². The topological polar surface area (TPSA) is 32.3 Å². The van der Waals surface area contributed by atoms with Crippen LogP contribution in [0.1, 0.15) is 27.2 Å². The van der Waals surface area contributed by atoms with Crippen molar-refractivity contribution in [2.45, 2.75) is 27.2 Å². The number of rotatable bonds is 3. The summed E-state index contributed by atoms with van der Waals surface area (Å²) in [4.78, 5) is 13.8. The van der Waals surface area contributed by atoms with E-state index in [1.165, 1.54) is 0 Å². The smallest absolute Gasteiger partial charge is 0.220 e. The van der Waals surface area contributed by atoms with Crippen molar-refractivity contribution in [3.63, 3.8) is 0 Å². The molecule has 0 aromatic carbocycles. The van der Waals surface area contributed by atoms with Crippen molar-refractivity contribution in [3.05, 3.63) is 0 Å². The summed E-state index contributed by atoms with van der Waals surface area (Å²) in [5, 5.41) is 2.87. The number of amides is 1. The molecule has 0 aromatic rings. The van der Waals surface area contributed by atoms with Crippen molar-refractivity contribution < 1.29 is 4.79 Å². The highest BCUT2D eigenvalue weighted by Crippen LogP contribution is 2.36. The molecule has 1 amide bonds. The van der Waals surface area contributed by atoms with Crippen molar-refractivity contribution in [2.24, 2.45) is 11.3 Å². The Kier molecular flexibility index (Phi) is 3.53. The number of hydrogen-bond donors (Lipinski definition) is 1. The lowest BCUT2D eigenvalue weighted by Crippen LogP contribution is -2.30. The minimum absolute atomic E-state index is 0.195. The molecule has 0 spiro atoms. The zero-order valence-corrected chi connectivity index (χ0v) is 9.76. The fourth-order valence-electron chi connectivity index (χ4n) is 2.35. The highest BCUT2D eigenvalue weighted by molar-refractivity contribution is 5.76. The number of nitrogens with one attached hydrogen (secondary N) is 1. The highest BCUT2D eigenvalue weighted by atomic mass is 16.1. The molecule has 14 heavy (non-hydrogen) atoms. The SMILES string of the molecule is CCNC(=O)C[C@@H]1CN(C)CC1(C)C. The number of nitrogens with zero attached hydrogens (tertiary/aromatic N) is 1. The van der Waals surface area contributed by atoms with Gasteiger partial charge in [-0.3, -0.25) is 4.79 Å². The van der Waals surface area contributed by atoms with Gasteiger partial charge in [0, 0.05) is 26.1 Å². The number of hydrogen-bond acceptors (Lipinski definition) is 2. The first-order valence-electron chi connectivity index (χ1n) is 5.41. The zero-order valence-electron chi connectivity index (χ0n) is 9.76. The average molecular weight is 198 g/mol. The van der Waals surface area contributed by atoms with Crippen LogP contribution >= 0.6 is 0 Å². The third-order valence-corrected chi connectivity index (χ3v) is 3.12. The molecule has 0 aliphatic carbocycles. The lowest BCUT2D eigenvalue weighted by molar-refractivity contribution is -0.122. The Morgan fingerprint density at radius 3 is 2.64 bits per heavy atom. The second kappa shape index (κ2) is 4.30. The third kappa shape index (κ3) is 2.71. The molecule has 82 valence electrons. The van der Waals surface area contributed by atoms with Crippen LogP contribution in [-0.2, 0) is 4.79 Å². The largest absolute Gasteiger partial charge is 0.356 e. The van der Waals surface area contributed by atoms with Gasteiger partial charge in [-0.1, -0.05) is 13.8 Å². The van der Waals surface area contributed by atoms with Crippen LogP contribution in [0.25, 0.3) is 0 Å². The fourth-order valence-corrected chi connectivity index (χ4v) is 2.35. The minimum atomic E-state index is 0.195. The van der Waals surface area contributed by atoms with Gasteiger partial charge < -0.3 is 10.2 Å². The Bertz CT molecular complexity index is 213.